The molecule has 0 aliphatic carbocycles. The molecule has 0 bridgehead atoms. The Hall–Kier alpha value is -1.03. The number of aryl methyl sites for hydroxylation is 1. The number of hydrogen-bond donors (Lipinski definition) is 1. The maximum Gasteiger partial charge on any atom is 0.339 e. The van der Waals surface area contributed by atoms with Gasteiger partial charge in [0.2, 0.25) is 0 Å². The number of rotatable bonds is 2. The van der Waals surface area contributed by atoms with Crippen LogP contribution in [0.15, 0.2) is 10.5 Å². The first-order valence-electron chi connectivity index (χ1n) is 4.06. The quantitative estimate of drug-likeness (QED) is 0.888. The fourth-order valence-electron chi connectivity index (χ4n) is 1.36. The third kappa shape index (κ3) is 1.75. The van der Waals surface area contributed by atoms with E-state index in [0.29, 0.717) is 5.75 Å². The number of ether oxygens (including phenoxy) is 1. The summed E-state index contributed by atoms with van der Waals surface area (Å²) in [5.41, 5.74) is 1.90. The zero-order chi connectivity index (χ0) is 10.9. The summed E-state index contributed by atoms with van der Waals surface area (Å²) in [7, 11) is 1.47. The summed E-state index contributed by atoms with van der Waals surface area (Å²) in [5.74, 6) is -0.560. The van der Waals surface area contributed by atoms with Gasteiger partial charge in [-0.3, -0.25) is 0 Å². The largest absolute Gasteiger partial charge is 0.496 e. The molecule has 0 aliphatic rings. The molecule has 1 N–H and O–H groups in total. The monoisotopic (exact) mass is 258 g/mol. The molecular formula is C10H11BrO3. The van der Waals surface area contributed by atoms with Gasteiger partial charge in [0.15, 0.2) is 0 Å². The summed E-state index contributed by atoms with van der Waals surface area (Å²) in [6.07, 6.45) is 0. The molecule has 0 spiro atoms. The lowest BCUT2D eigenvalue weighted by molar-refractivity contribution is 0.0693. The van der Waals surface area contributed by atoms with E-state index in [1.165, 1.54) is 7.11 Å². The Kier molecular flexibility index (Phi) is 3.16. The number of benzene rings is 1. The molecule has 0 fully saturated rings. The predicted molar refractivity (Wildman–Crippen MR) is 57.1 cm³/mol. The summed E-state index contributed by atoms with van der Waals surface area (Å²) >= 11 is 3.38. The lowest BCUT2D eigenvalue weighted by Crippen LogP contribution is -2.03. The number of methoxy groups -OCH3 is 1. The van der Waals surface area contributed by atoms with E-state index in [2.05, 4.69) is 15.9 Å². The standard InChI is InChI=1S/C10H11BrO3/c1-5-4-7(10(12)13)9(14-3)6(2)8(5)11/h4H,1-3H3,(H,12,13). The first-order chi connectivity index (χ1) is 6.49. The smallest absolute Gasteiger partial charge is 0.339 e. The van der Waals surface area contributed by atoms with Crippen LogP contribution in [0.3, 0.4) is 0 Å². The van der Waals surface area contributed by atoms with Crippen molar-refractivity contribution in [3.63, 3.8) is 0 Å². The molecule has 1 aromatic carbocycles. The van der Waals surface area contributed by atoms with Gasteiger partial charge in [-0.1, -0.05) is 15.9 Å². The van der Waals surface area contributed by atoms with Crippen LogP contribution in [0.5, 0.6) is 5.75 Å². The number of carbonyl (C=O) groups is 1. The van der Waals surface area contributed by atoms with Gasteiger partial charge in [0, 0.05) is 10.0 Å². The second-order valence-electron chi connectivity index (χ2n) is 3.02. The summed E-state index contributed by atoms with van der Waals surface area (Å²) in [6, 6.07) is 1.60. The molecule has 0 aromatic heterocycles. The Morgan fingerprint density at radius 1 is 1.50 bits per heavy atom. The Balaban J connectivity index is 3.51. The van der Waals surface area contributed by atoms with Crippen molar-refractivity contribution in [3.8, 4) is 5.75 Å². The summed E-state index contributed by atoms with van der Waals surface area (Å²) < 4.78 is 5.95. The maximum absolute atomic E-state index is 10.9. The molecule has 0 atom stereocenters. The third-order valence-electron chi connectivity index (χ3n) is 2.06. The Morgan fingerprint density at radius 3 is 2.50 bits per heavy atom. The first kappa shape index (κ1) is 11.0. The maximum atomic E-state index is 10.9. The van der Waals surface area contributed by atoms with E-state index < -0.39 is 5.97 Å². The minimum absolute atomic E-state index is 0.200. The number of carboxylic acid groups (broad SMARTS) is 1. The van der Waals surface area contributed by atoms with E-state index in [-0.39, 0.29) is 5.56 Å². The first-order valence-corrected chi connectivity index (χ1v) is 4.85. The van der Waals surface area contributed by atoms with Crippen molar-refractivity contribution in [2.75, 3.05) is 7.11 Å². The van der Waals surface area contributed by atoms with Crippen molar-refractivity contribution in [2.45, 2.75) is 13.8 Å². The molecule has 0 saturated carbocycles. The van der Waals surface area contributed by atoms with E-state index in [9.17, 15) is 4.79 Å². The van der Waals surface area contributed by atoms with Gasteiger partial charge in [0.05, 0.1) is 7.11 Å². The van der Waals surface area contributed by atoms with Crippen LogP contribution < -0.4 is 4.74 Å². The highest BCUT2D eigenvalue weighted by molar-refractivity contribution is 9.10. The van der Waals surface area contributed by atoms with Crippen LogP contribution in [0, 0.1) is 13.8 Å². The molecule has 3 nitrogen and oxygen atoms in total. The molecule has 14 heavy (non-hydrogen) atoms. The van der Waals surface area contributed by atoms with Crippen molar-refractivity contribution in [2.24, 2.45) is 0 Å². The van der Waals surface area contributed by atoms with Gasteiger partial charge in [0.1, 0.15) is 11.3 Å². The van der Waals surface area contributed by atoms with Crippen LogP contribution in [0.25, 0.3) is 0 Å². The van der Waals surface area contributed by atoms with Gasteiger partial charge in [-0.15, -0.1) is 0 Å². The van der Waals surface area contributed by atoms with Crippen molar-refractivity contribution in [1.82, 2.24) is 0 Å². The average Bonchev–Trinajstić information content (AvgIpc) is 2.13. The Morgan fingerprint density at radius 2 is 2.07 bits per heavy atom. The lowest BCUT2D eigenvalue weighted by atomic mass is 10.1. The van der Waals surface area contributed by atoms with Gasteiger partial charge >= 0.3 is 5.97 Å². The number of halogens is 1. The van der Waals surface area contributed by atoms with Gasteiger partial charge in [-0.05, 0) is 25.5 Å². The van der Waals surface area contributed by atoms with Gasteiger partial charge in [-0.2, -0.15) is 0 Å². The van der Waals surface area contributed by atoms with Gasteiger partial charge in [0.25, 0.3) is 0 Å². The number of aromatic carboxylic acids is 1. The highest BCUT2D eigenvalue weighted by Gasteiger charge is 2.16. The van der Waals surface area contributed by atoms with Gasteiger partial charge < -0.3 is 9.84 Å². The van der Waals surface area contributed by atoms with E-state index in [1.54, 1.807) is 6.07 Å². The molecule has 0 amide bonds. The molecule has 1 rings (SSSR count). The zero-order valence-electron chi connectivity index (χ0n) is 8.22. The SMILES string of the molecule is COc1c(C(=O)O)cc(C)c(Br)c1C. The molecule has 0 aliphatic heterocycles. The minimum atomic E-state index is -0.972. The van der Waals surface area contributed by atoms with Crippen LogP contribution in [0.2, 0.25) is 0 Å². The van der Waals surface area contributed by atoms with Crippen LogP contribution in [-0.4, -0.2) is 18.2 Å². The summed E-state index contributed by atoms with van der Waals surface area (Å²) in [4.78, 5) is 10.9. The molecule has 0 unspecified atom stereocenters. The average molecular weight is 259 g/mol. The highest BCUT2D eigenvalue weighted by atomic mass is 79.9. The molecular weight excluding hydrogens is 248 g/mol. The fraction of sp³-hybridized carbons (Fsp3) is 0.300. The van der Waals surface area contributed by atoms with Crippen molar-refractivity contribution in [3.05, 3.63) is 27.2 Å². The molecule has 1 aromatic rings. The third-order valence-corrected chi connectivity index (χ3v) is 3.28. The van der Waals surface area contributed by atoms with Crippen LogP contribution in [0.1, 0.15) is 21.5 Å². The Labute approximate surface area is 90.8 Å². The molecule has 0 heterocycles. The van der Waals surface area contributed by atoms with E-state index in [1.807, 2.05) is 13.8 Å². The molecule has 0 radical (unpaired) electrons. The molecule has 76 valence electrons. The molecule has 4 heteroatoms. The number of hydrogen-bond acceptors (Lipinski definition) is 2. The van der Waals surface area contributed by atoms with Crippen molar-refractivity contribution in [1.29, 1.82) is 0 Å². The Bertz CT molecular complexity index is 385. The predicted octanol–water partition coefficient (Wildman–Crippen LogP) is 2.77. The zero-order valence-corrected chi connectivity index (χ0v) is 9.81. The minimum Gasteiger partial charge on any atom is -0.496 e. The topological polar surface area (TPSA) is 46.5 Å². The van der Waals surface area contributed by atoms with E-state index in [4.69, 9.17) is 9.84 Å². The summed E-state index contributed by atoms with van der Waals surface area (Å²) in [6.45, 7) is 3.67. The van der Waals surface area contributed by atoms with Gasteiger partial charge in [-0.25, -0.2) is 4.79 Å². The number of carboxylic acids is 1. The second kappa shape index (κ2) is 4.00. The van der Waals surface area contributed by atoms with E-state index >= 15 is 0 Å². The van der Waals surface area contributed by atoms with Crippen molar-refractivity contribution >= 4 is 21.9 Å². The fourth-order valence-corrected chi connectivity index (χ4v) is 1.66. The lowest BCUT2D eigenvalue weighted by Gasteiger charge is -2.12. The highest BCUT2D eigenvalue weighted by Crippen LogP contribution is 2.32. The summed E-state index contributed by atoms with van der Waals surface area (Å²) in [5, 5.41) is 8.94. The molecule has 0 saturated heterocycles. The van der Waals surface area contributed by atoms with Crippen LogP contribution in [-0.2, 0) is 0 Å². The van der Waals surface area contributed by atoms with Crippen LogP contribution in [0.4, 0.5) is 0 Å². The van der Waals surface area contributed by atoms with Crippen LogP contribution >= 0.6 is 15.9 Å². The van der Waals surface area contributed by atoms with E-state index in [0.717, 1.165) is 15.6 Å². The van der Waals surface area contributed by atoms with Crippen molar-refractivity contribution < 1.29 is 14.6 Å². The second-order valence-corrected chi connectivity index (χ2v) is 3.81. The normalized spacial score (nSPS) is 10.0.